The summed E-state index contributed by atoms with van der Waals surface area (Å²) in [5.74, 6) is 0. The van der Waals surface area contributed by atoms with Gasteiger partial charge in [0.05, 0.1) is 12.7 Å². The Labute approximate surface area is 112 Å². The highest BCUT2D eigenvalue weighted by atomic mass is 16.5. The molecule has 0 spiro atoms. The van der Waals surface area contributed by atoms with Crippen molar-refractivity contribution in [2.75, 3.05) is 26.4 Å². The SMILES string of the molecule is C(CCCOCC1CCCCO1)CCNC1CC1. The zero-order chi connectivity index (χ0) is 12.5. The molecule has 0 radical (unpaired) electrons. The summed E-state index contributed by atoms with van der Waals surface area (Å²) in [6, 6.07) is 0.865. The normalized spacial score (nSPS) is 24.3. The third kappa shape index (κ3) is 6.72. The minimum atomic E-state index is 0.376. The van der Waals surface area contributed by atoms with Crippen molar-refractivity contribution in [2.24, 2.45) is 0 Å². The fourth-order valence-electron chi connectivity index (χ4n) is 2.43. The van der Waals surface area contributed by atoms with Gasteiger partial charge < -0.3 is 14.8 Å². The van der Waals surface area contributed by atoms with Crippen LogP contribution in [0.5, 0.6) is 0 Å². The predicted molar refractivity (Wildman–Crippen MR) is 73.9 cm³/mol. The van der Waals surface area contributed by atoms with Gasteiger partial charge in [0.15, 0.2) is 0 Å². The van der Waals surface area contributed by atoms with Gasteiger partial charge in [-0.2, -0.15) is 0 Å². The molecular formula is C15H29NO2. The van der Waals surface area contributed by atoms with Gasteiger partial charge >= 0.3 is 0 Å². The summed E-state index contributed by atoms with van der Waals surface area (Å²) in [5.41, 5.74) is 0. The van der Waals surface area contributed by atoms with E-state index in [0.29, 0.717) is 6.10 Å². The predicted octanol–water partition coefficient (Wildman–Crippen LogP) is 2.88. The Morgan fingerprint density at radius 1 is 1.00 bits per heavy atom. The van der Waals surface area contributed by atoms with Crippen LogP contribution in [-0.2, 0) is 9.47 Å². The van der Waals surface area contributed by atoms with E-state index in [1.807, 2.05) is 0 Å². The van der Waals surface area contributed by atoms with Gasteiger partial charge in [0.1, 0.15) is 0 Å². The summed E-state index contributed by atoms with van der Waals surface area (Å²) in [7, 11) is 0. The van der Waals surface area contributed by atoms with Crippen LogP contribution in [0.25, 0.3) is 0 Å². The van der Waals surface area contributed by atoms with Crippen molar-refractivity contribution in [3.63, 3.8) is 0 Å². The Morgan fingerprint density at radius 2 is 1.89 bits per heavy atom. The number of hydrogen-bond acceptors (Lipinski definition) is 3. The van der Waals surface area contributed by atoms with E-state index in [4.69, 9.17) is 9.47 Å². The number of unbranched alkanes of at least 4 members (excludes halogenated alkanes) is 3. The van der Waals surface area contributed by atoms with Crippen LogP contribution in [0.15, 0.2) is 0 Å². The number of rotatable bonds is 10. The maximum absolute atomic E-state index is 5.69. The van der Waals surface area contributed by atoms with E-state index >= 15 is 0 Å². The molecule has 106 valence electrons. The van der Waals surface area contributed by atoms with Crippen LogP contribution < -0.4 is 5.32 Å². The molecule has 1 aliphatic heterocycles. The standard InChI is InChI=1S/C15H29NO2/c1(4-10-16-14-8-9-14)2-5-11-17-13-15-7-3-6-12-18-15/h14-16H,1-13H2. The molecule has 0 aromatic heterocycles. The highest BCUT2D eigenvalue weighted by molar-refractivity contribution is 4.80. The van der Waals surface area contributed by atoms with E-state index in [-0.39, 0.29) is 0 Å². The first-order chi connectivity index (χ1) is 8.95. The monoisotopic (exact) mass is 255 g/mol. The molecule has 2 rings (SSSR count). The van der Waals surface area contributed by atoms with E-state index in [1.165, 1.54) is 64.3 Å². The Bertz CT molecular complexity index is 201. The van der Waals surface area contributed by atoms with E-state index in [9.17, 15) is 0 Å². The molecule has 0 bridgehead atoms. The quantitative estimate of drug-likeness (QED) is 0.609. The summed E-state index contributed by atoms with van der Waals surface area (Å²) in [6.45, 7) is 3.86. The lowest BCUT2D eigenvalue weighted by atomic mass is 10.1. The molecule has 1 heterocycles. The number of nitrogens with one attached hydrogen (secondary N) is 1. The molecule has 0 aromatic carbocycles. The molecule has 0 aromatic rings. The second-order valence-corrected chi connectivity index (χ2v) is 5.71. The Balaban J connectivity index is 1.28. The van der Waals surface area contributed by atoms with Crippen LogP contribution in [0, 0.1) is 0 Å². The van der Waals surface area contributed by atoms with Gasteiger partial charge in [-0.25, -0.2) is 0 Å². The van der Waals surface area contributed by atoms with Crippen LogP contribution in [0.1, 0.15) is 57.8 Å². The van der Waals surface area contributed by atoms with E-state index in [0.717, 1.165) is 25.9 Å². The lowest BCUT2D eigenvalue weighted by Gasteiger charge is -2.22. The van der Waals surface area contributed by atoms with Crippen molar-refractivity contribution >= 4 is 0 Å². The Morgan fingerprint density at radius 3 is 2.67 bits per heavy atom. The second-order valence-electron chi connectivity index (χ2n) is 5.71. The highest BCUT2D eigenvalue weighted by Gasteiger charge is 2.19. The van der Waals surface area contributed by atoms with Crippen molar-refractivity contribution in [2.45, 2.75) is 69.9 Å². The van der Waals surface area contributed by atoms with Gasteiger partial charge in [0.2, 0.25) is 0 Å². The minimum Gasteiger partial charge on any atom is -0.379 e. The van der Waals surface area contributed by atoms with Gasteiger partial charge in [-0.3, -0.25) is 0 Å². The van der Waals surface area contributed by atoms with Gasteiger partial charge in [0.25, 0.3) is 0 Å². The third-order valence-electron chi connectivity index (χ3n) is 3.80. The number of ether oxygens (including phenoxy) is 2. The Hall–Kier alpha value is -0.120. The zero-order valence-electron chi connectivity index (χ0n) is 11.7. The van der Waals surface area contributed by atoms with E-state index in [2.05, 4.69) is 5.32 Å². The van der Waals surface area contributed by atoms with Gasteiger partial charge in [-0.15, -0.1) is 0 Å². The molecule has 1 saturated heterocycles. The maximum Gasteiger partial charge on any atom is 0.0808 e. The summed E-state index contributed by atoms with van der Waals surface area (Å²) in [5, 5.41) is 3.55. The smallest absolute Gasteiger partial charge is 0.0808 e. The molecule has 2 aliphatic rings. The molecule has 18 heavy (non-hydrogen) atoms. The Kier molecular flexibility index (Phi) is 7.06. The molecule has 2 fully saturated rings. The first kappa shape index (κ1) is 14.3. The van der Waals surface area contributed by atoms with Crippen LogP contribution in [0.3, 0.4) is 0 Å². The first-order valence-electron chi connectivity index (χ1n) is 7.88. The molecule has 1 aliphatic carbocycles. The second kappa shape index (κ2) is 8.89. The molecule has 0 amide bonds. The molecule has 3 nitrogen and oxygen atoms in total. The van der Waals surface area contributed by atoms with Crippen molar-refractivity contribution < 1.29 is 9.47 Å². The van der Waals surface area contributed by atoms with Gasteiger partial charge in [0, 0.05) is 19.3 Å². The van der Waals surface area contributed by atoms with Crippen molar-refractivity contribution in [1.29, 1.82) is 0 Å². The maximum atomic E-state index is 5.69. The summed E-state index contributed by atoms with van der Waals surface area (Å²) >= 11 is 0. The topological polar surface area (TPSA) is 30.5 Å². The van der Waals surface area contributed by atoms with Gasteiger partial charge in [-0.1, -0.05) is 12.8 Å². The summed E-state index contributed by atoms with van der Waals surface area (Å²) in [6.07, 6.45) is 12.1. The molecule has 1 unspecified atom stereocenters. The van der Waals surface area contributed by atoms with Crippen molar-refractivity contribution in [3.05, 3.63) is 0 Å². The fourth-order valence-corrected chi connectivity index (χ4v) is 2.43. The summed E-state index contributed by atoms with van der Waals surface area (Å²) < 4.78 is 11.3. The fraction of sp³-hybridized carbons (Fsp3) is 1.00. The van der Waals surface area contributed by atoms with Crippen LogP contribution in [0.2, 0.25) is 0 Å². The minimum absolute atomic E-state index is 0.376. The third-order valence-corrected chi connectivity index (χ3v) is 3.80. The van der Waals surface area contributed by atoms with Gasteiger partial charge in [-0.05, 0) is 51.5 Å². The molecule has 1 saturated carbocycles. The average molecular weight is 255 g/mol. The lowest BCUT2D eigenvalue weighted by molar-refractivity contribution is -0.0411. The van der Waals surface area contributed by atoms with Crippen molar-refractivity contribution in [3.8, 4) is 0 Å². The van der Waals surface area contributed by atoms with Crippen LogP contribution in [-0.4, -0.2) is 38.5 Å². The molecule has 1 N–H and O–H groups in total. The summed E-state index contributed by atoms with van der Waals surface area (Å²) in [4.78, 5) is 0. The lowest BCUT2D eigenvalue weighted by Crippen LogP contribution is -2.24. The largest absolute Gasteiger partial charge is 0.379 e. The molecular weight excluding hydrogens is 226 g/mol. The van der Waals surface area contributed by atoms with Crippen LogP contribution >= 0.6 is 0 Å². The first-order valence-corrected chi connectivity index (χ1v) is 7.88. The highest BCUT2D eigenvalue weighted by Crippen LogP contribution is 2.18. The van der Waals surface area contributed by atoms with Crippen LogP contribution in [0.4, 0.5) is 0 Å². The van der Waals surface area contributed by atoms with E-state index in [1.54, 1.807) is 0 Å². The average Bonchev–Trinajstić information content (AvgIpc) is 3.22. The number of hydrogen-bond donors (Lipinski definition) is 1. The van der Waals surface area contributed by atoms with Crippen molar-refractivity contribution in [1.82, 2.24) is 5.32 Å². The zero-order valence-corrected chi connectivity index (χ0v) is 11.7. The molecule has 3 heteroatoms. The molecule has 1 atom stereocenters. The van der Waals surface area contributed by atoms with E-state index < -0.39 is 0 Å².